The van der Waals surface area contributed by atoms with Gasteiger partial charge in [-0.05, 0) is 38.0 Å². The summed E-state index contributed by atoms with van der Waals surface area (Å²) in [6.45, 7) is 4.81. The molecule has 1 aliphatic rings. The van der Waals surface area contributed by atoms with Gasteiger partial charge in [0.1, 0.15) is 5.75 Å². The Labute approximate surface area is 127 Å². The molecule has 1 amide bonds. The molecule has 0 N–H and O–H groups in total. The molecule has 0 saturated carbocycles. The molecule has 116 valence electrons. The summed E-state index contributed by atoms with van der Waals surface area (Å²) in [6, 6.07) is 5.61. The van der Waals surface area contributed by atoms with Crippen molar-refractivity contribution in [1.29, 1.82) is 0 Å². The van der Waals surface area contributed by atoms with Gasteiger partial charge in [-0.1, -0.05) is 12.8 Å². The average molecular weight is 291 g/mol. The molecule has 0 radical (unpaired) electrons. The minimum Gasteiger partial charge on any atom is -0.496 e. The second kappa shape index (κ2) is 8.03. The second-order valence-corrected chi connectivity index (χ2v) is 5.37. The summed E-state index contributed by atoms with van der Waals surface area (Å²) in [5, 5.41) is 0. The first-order valence-corrected chi connectivity index (χ1v) is 7.80. The predicted molar refractivity (Wildman–Crippen MR) is 82.7 cm³/mol. The van der Waals surface area contributed by atoms with Crippen LogP contribution >= 0.6 is 0 Å². The summed E-state index contributed by atoms with van der Waals surface area (Å²) in [7, 11) is 1.64. The molecule has 1 fully saturated rings. The predicted octanol–water partition coefficient (Wildman–Crippen LogP) is 3.25. The Kier molecular flexibility index (Phi) is 6.05. The summed E-state index contributed by atoms with van der Waals surface area (Å²) in [5.74, 6) is 0.896. The maximum atomic E-state index is 12.6. The van der Waals surface area contributed by atoms with Crippen molar-refractivity contribution in [3.63, 3.8) is 0 Å². The highest BCUT2D eigenvalue weighted by Crippen LogP contribution is 2.22. The van der Waals surface area contributed by atoms with Gasteiger partial charge in [0.05, 0.1) is 13.7 Å². The Hall–Kier alpha value is -1.55. The Bertz CT molecular complexity index is 465. The molecule has 1 saturated heterocycles. The molecule has 0 aromatic heterocycles. The number of amides is 1. The van der Waals surface area contributed by atoms with E-state index in [-0.39, 0.29) is 5.91 Å². The molecular weight excluding hydrogens is 266 g/mol. The van der Waals surface area contributed by atoms with Gasteiger partial charge in [-0.3, -0.25) is 4.79 Å². The molecule has 1 aliphatic heterocycles. The topological polar surface area (TPSA) is 38.8 Å². The van der Waals surface area contributed by atoms with Crippen LogP contribution in [-0.2, 0) is 11.3 Å². The average Bonchev–Trinajstić information content (AvgIpc) is 2.81. The zero-order chi connectivity index (χ0) is 15.1. The molecule has 21 heavy (non-hydrogen) atoms. The fraction of sp³-hybridized carbons (Fsp3) is 0.588. The number of hydrogen-bond acceptors (Lipinski definition) is 3. The van der Waals surface area contributed by atoms with Crippen molar-refractivity contribution in [2.45, 2.75) is 39.2 Å². The molecule has 0 spiro atoms. The molecule has 0 bridgehead atoms. The number of hydrogen-bond donors (Lipinski definition) is 0. The van der Waals surface area contributed by atoms with Crippen LogP contribution in [0, 0.1) is 0 Å². The third kappa shape index (κ3) is 4.21. The van der Waals surface area contributed by atoms with Gasteiger partial charge in [0.15, 0.2) is 0 Å². The van der Waals surface area contributed by atoms with E-state index in [1.54, 1.807) is 7.11 Å². The smallest absolute Gasteiger partial charge is 0.253 e. The fourth-order valence-corrected chi connectivity index (χ4v) is 2.69. The standard InChI is InChI=1S/C17H25NO3/c1-3-21-13-15-12-14(8-9-16(15)20-2)17(19)18-10-6-4-5-7-11-18/h8-9,12H,3-7,10-11,13H2,1-2H3. The van der Waals surface area contributed by atoms with Crippen LogP contribution in [-0.4, -0.2) is 37.6 Å². The van der Waals surface area contributed by atoms with Crippen LogP contribution in [0.15, 0.2) is 18.2 Å². The highest BCUT2D eigenvalue weighted by molar-refractivity contribution is 5.94. The fourth-order valence-electron chi connectivity index (χ4n) is 2.69. The van der Waals surface area contributed by atoms with E-state index in [2.05, 4.69) is 0 Å². The van der Waals surface area contributed by atoms with E-state index in [0.29, 0.717) is 13.2 Å². The van der Waals surface area contributed by atoms with Gasteiger partial charge >= 0.3 is 0 Å². The molecule has 1 aromatic carbocycles. The van der Waals surface area contributed by atoms with Crippen molar-refractivity contribution < 1.29 is 14.3 Å². The molecule has 4 nitrogen and oxygen atoms in total. The van der Waals surface area contributed by atoms with Crippen LogP contribution in [0.2, 0.25) is 0 Å². The maximum absolute atomic E-state index is 12.6. The van der Waals surface area contributed by atoms with Gasteiger partial charge in [-0.25, -0.2) is 0 Å². The number of methoxy groups -OCH3 is 1. The van der Waals surface area contributed by atoms with E-state index in [0.717, 1.165) is 42.8 Å². The van der Waals surface area contributed by atoms with E-state index in [1.807, 2.05) is 30.0 Å². The van der Waals surface area contributed by atoms with Gasteiger partial charge in [0.25, 0.3) is 5.91 Å². The molecule has 4 heteroatoms. The minimum atomic E-state index is 0.123. The van der Waals surface area contributed by atoms with Crippen LogP contribution in [0.4, 0.5) is 0 Å². The SMILES string of the molecule is CCOCc1cc(C(=O)N2CCCCCC2)ccc1OC. The largest absolute Gasteiger partial charge is 0.496 e. The first-order valence-electron chi connectivity index (χ1n) is 7.80. The summed E-state index contributed by atoms with van der Waals surface area (Å²) >= 11 is 0. The summed E-state index contributed by atoms with van der Waals surface area (Å²) in [5.41, 5.74) is 1.66. The van der Waals surface area contributed by atoms with Crippen LogP contribution in [0.3, 0.4) is 0 Å². The summed E-state index contributed by atoms with van der Waals surface area (Å²) in [6.07, 6.45) is 4.66. The lowest BCUT2D eigenvalue weighted by Crippen LogP contribution is -2.31. The van der Waals surface area contributed by atoms with Crippen molar-refractivity contribution in [2.24, 2.45) is 0 Å². The summed E-state index contributed by atoms with van der Waals surface area (Å²) in [4.78, 5) is 14.6. The number of nitrogens with zero attached hydrogens (tertiary/aromatic N) is 1. The molecular formula is C17H25NO3. The number of carbonyl (C=O) groups excluding carboxylic acids is 1. The zero-order valence-electron chi connectivity index (χ0n) is 13.1. The molecule has 2 rings (SSSR count). The first-order chi connectivity index (χ1) is 10.3. The minimum absolute atomic E-state index is 0.123. The van der Waals surface area contributed by atoms with E-state index < -0.39 is 0 Å². The van der Waals surface area contributed by atoms with E-state index >= 15 is 0 Å². The van der Waals surface area contributed by atoms with Crippen molar-refractivity contribution in [3.05, 3.63) is 29.3 Å². The van der Waals surface area contributed by atoms with Crippen LogP contribution in [0.1, 0.15) is 48.5 Å². The monoisotopic (exact) mass is 291 g/mol. The normalized spacial score (nSPS) is 15.6. The summed E-state index contributed by atoms with van der Waals surface area (Å²) < 4.78 is 10.8. The molecule has 1 heterocycles. The number of ether oxygens (including phenoxy) is 2. The third-order valence-corrected chi connectivity index (χ3v) is 3.88. The molecule has 0 aliphatic carbocycles. The lowest BCUT2D eigenvalue weighted by Gasteiger charge is -2.21. The van der Waals surface area contributed by atoms with Gasteiger partial charge < -0.3 is 14.4 Å². The number of likely N-dealkylation sites (tertiary alicyclic amines) is 1. The van der Waals surface area contributed by atoms with Gasteiger partial charge in [0, 0.05) is 30.8 Å². The quantitative estimate of drug-likeness (QED) is 0.836. The number of carbonyl (C=O) groups is 1. The Balaban J connectivity index is 2.15. The number of benzene rings is 1. The lowest BCUT2D eigenvalue weighted by atomic mass is 10.1. The van der Waals surface area contributed by atoms with Crippen molar-refractivity contribution in [1.82, 2.24) is 4.90 Å². The molecule has 0 atom stereocenters. The van der Waals surface area contributed by atoms with Gasteiger partial charge in [0.2, 0.25) is 0 Å². The third-order valence-electron chi connectivity index (χ3n) is 3.88. The number of rotatable bonds is 5. The first kappa shape index (κ1) is 15.8. The zero-order valence-corrected chi connectivity index (χ0v) is 13.1. The lowest BCUT2D eigenvalue weighted by molar-refractivity contribution is 0.0761. The molecule has 0 unspecified atom stereocenters. The van der Waals surface area contributed by atoms with Crippen LogP contribution < -0.4 is 4.74 Å². The van der Waals surface area contributed by atoms with E-state index in [9.17, 15) is 4.79 Å². The van der Waals surface area contributed by atoms with Crippen LogP contribution in [0.25, 0.3) is 0 Å². The van der Waals surface area contributed by atoms with Gasteiger partial charge in [-0.2, -0.15) is 0 Å². The maximum Gasteiger partial charge on any atom is 0.253 e. The van der Waals surface area contributed by atoms with Crippen molar-refractivity contribution in [2.75, 3.05) is 26.8 Å². The highest BCUT2D eigenvalue weighted by Gasteiger charge is 2.18. The van der Waals surface area contributed by atoms with Crippen molar-refractivity contribution in [3.8, 4) is 5.75 Å². The second-order valence-electron chi connectivity index (χ2n) is 5.37. The van der Waals surface area contributed by atoms with Gasteiger partial charge in [-0.15, -0.1) is 0 Å². The van der Waals surface area contributed by atoms with E-state index in [1.165, 1.54) is 12.8 Å². The Morgan fingerprint density at radius 1 is 1.19 bits per heavy atom. The Morgan fingerprint density at radius 3 is 2.52 bits per heavy atom. The van der Waals surface area contributed by atoms with E-state index in [4.69, 9.17) is 9.47 Å². The van der Waals surface area contributed by atoms with Crippen LogP contribution in [0.5, 0.6) is 5.75 Å². The highest BCUT2D eigenvalue weighted by atomic mass is 16.5. The van der Waals surface area contributed by atoms with Crippen molar-refractivity contribution >= 4 is 5.91 Å². The molecule has 1 aromatic rings. The Morgan fingerprint density at radius 2 is 1.90 bits per heavy atom.